The minimum absolute atomic E-state index is 0.422. The summed E-state index contributed by atoms with van der Waals surface area (Å²) in [5.41, 5.74) is 8.02. The molecular weight excluding hydrogens is 350 g/mol. The minimum atomic E-state index is -0.422. The van der Waals surface area contributed by atoms with Gasteiger partial charge in [0.2, 0.25) is 5.75 Å². The minimum Gasteiger partial charge on any atom is -0.493 e. The van der Waals surface area contributed by atoms with Crippen molar-refractivity contribution >= 4 is 17.4 Å². The van der Waals surface area contributed by atoms with E-state index in [0.29, 0.717) is 39.8 Å². The molecule has 0 amide bonds. The fourth-order valence-electron chi connectivity index (χ4n) is 2.56. The molecule has 2 aromatic rings. The Morgan fingerprint density at radius 2 is 1.44 bits per heavy atom. The third-order valence-electron chi connectivity index (χ3n) is 3.95. The number of carbonyl (C=O) groups excluding carboxylic acids is 1. The number of nitrogens with two attached hydrogens (primary N) is 2. The Kier molecular flexibility index (Phi) is 6.51. The Morgan fingerprint density at radius 1 is 0.926 bits per heavy atom. The van der Waals surface area contributed by atoms with E-state index in [1.807, 2.05) is 0 Å². The summed E-state index contributed by atoms with van der Waals surface area (Å²) < 4.78 is 20.7. The number of esters is 1. The van der Waals surface area contributed by atoms with E-state index in [0.717, 1.165) is 0 Å². The number of methoxy groups -OCH3 is 4. The zero-order chi connectivity index (χ0) is 20.0. The largest absolute Gasteiger partial charge is 0.493 e. The molecule has 2 rings (SSSR count). The lowest BCUT2D eigenvalue weighted by molar-refractivity contribution is 0.0600. The van der Waals surface area contributed by atoms with Crippen molar-refractivity contribution in [3.05, 3.63) is 53.7 Å². The van der Waals surface area contributed by atoms with Gasteiger partial charge in [-0.3, -0.25) is 5.01 Å². The maximum absolute atomic E-state index is 11.6. The second-order valence-corrected chi connectivity index (χ2v) is 5.37. The van der Waals surface area contributed by atoms with Crippen LogP contribution in [0.3, 0.4) is 0 Å². The van der Waals surface area contributed by atoms with E-state index >= 15 is 0 Å². The lowest BCUT2D eigenvalue weighted by Gasteiger charge is -2.24. The lowest BCUT2D eigenvalue weighted by atomic mass is 10.1. The second-order valence-electron chi connectivity index (χ2n) is 5.37. The first-order valence-electron chi connectivity index (χ1n) is 7.96. The van der Waals surface area contributed by atoms with Crippen LogP contribution < -0.4 is 30.8 Å². The molecule has 2 aromatic carbocycles. The topological polar surface area (TPSA) is 109 Å². The van der Waals surface area contributed by atoms with E-state index in [1.165, 1.54) is 39.6 Å². The van der Waals surface area contributed by atoms with Crippen molar-refractivity contribution in [2.24, 2.45) is 11.6 Å². The molecule has 0 unspecified atom stereocenters. The smallest absolute Gasteiger partial charge is 0.337 e. The van der Waals surface area contributed by atoms with Gasteiger partial charge in [0.1, 0.15) is 0 Å². The molecule has 0 bridgehead atoms. The molecule has 0 aliphatic heterocycles. The molecule has 0 aromatic heterocycles. The summed E-state index contributed by atoms with van der Waals surface area (Å²) in [6.45, 7) is 0. The Morgan fingerprint density at radius 3 is 1.85 bits per heavy atom. The van der Waals surface area contributed by atoms with Crippen molar-refractivity contribution in [3.8, 4) is 17.2 Å². The van der Waals surface area contributed by atoms with Crippen molar-refractivity contribution in [2.45, 2.75) is 0 Å². The molecule has 0 heterocycles. The van der Waals surface area contributed by atoms with Gasteiger partial charge in [0.05, 0.1) is 45.4 Å². The first-order valence-corrected chi connectivity index (χ1v) is 7.96. The highest BCUT2D eigenvalue weighted by Crippen LogP contribution is 2.41. The summed E-state index contributed by atoms with van der Waals surface area (Å²) >= 11 is 0. The molecule has 4 N–H and O–H groups in total. The summed E-state index contributed by atoms with van der Waals surface area (Å²) in [7, 11) is 5.89. The van der Waals surface area contributed by atoms with Gasteiger partial charge >= 0.3 is 5.97 Å². The summed E-state index contributed by atoms with van der Waals surface area (Å²) in [4.78, 5) is 11.6. The van der Waals surface area contributed by atoms with E-state index in [-0.39, 0.29) is 0 Å². The predicted octanol–water partition coefficient (Wildman–Crippen LogP) is 2.14. The molecule has 8 heteroatoms. The van der Waals surface area contributed by atoms with Gasteiger partial charge < -0.3 is 24.7 Å². The Hall–Kier alpha value is -3.39. The summed E-state index contributed by atoms with van der Waals surface area (Å²) in [5, 5.41) is 1.39. The number of ether oxygens (including phenoxy) is 4. The van der Waals surface area contributed by atoms with Crippen molar-refractivity contribution in [2.75, 3.05) is 33.4 Å². The maximum atomic E-state index is 11.6. The third kappa shape index (κ3) is 4.06. The van der Waals surface area contributed by atoms with Crippen LogP contribution in [0.25, 0.3) is 5.70 Å². The maximum Gasteiger partial charge on any atom is 0.337 e. The molecule has 27 heavy (non-hydrogen) atoms. The molecule has 0 fully saturated rings. The van der Waals surface area contributed by atoms with Crippen molar-refractivity contribution in [1.29, 1.82) is 0 Å². The standard InChI is InChI=1S/C19H23N3O5/c1-24-16-9-14(10-17(25-2)18(16)26-3)22(21)15(11-20)12-5-7-13(8-6-12)19(23)27-4/h5-11H,20-21H2,1-4H3/b15-11-. The fraction of sp³-hybridized carbons (Fsp3) is 0.211. The van der Waals surface area contributed by atoms with Crippen LogP contribution in [0, 0.1) is 0 Å². The van der Waals surface area contributed by atoms with Crippen molar-refractivity contribution in [3.63, 3.8) is 0 Å². The van der Waals surface area contributed by atoms with Gasteiger partial charge in [0, 0.05) is 23.9 Å². The fourth-order valence-corrected chi connectivity index (χ4v) is 2.56. The van der Waals surface area contributed by atoms with Gasteiger partial charge in [-0.25, -0.2) is 10.6 Å². The monoisotopic (exact) mass is 373 g/mol. The zero-order valence-corrected chi connectivity index (χ0v) is 15.7. The number of nitrogens with zero attached hydrogens (tertiary/aromatic N) is 1. The molecule has 8 nitrogen and oxygen atoms in total. The lowest BCUT2D eigenvalue weighted by Crippen LogP contribution is -2.29. The van der Waals surface area contributed by atoms with E-state index in [4.69, 9.17) is 30.5 Å². The number of hydrogen-bond donors (Lipinski definition) is 2. The van der Waals surface area contributed by atoms with Crippen LogP contribution in [0.4, 0.5) is 5.69 Å². The third-order valence-corrected chi connectivity index (χ3v) is 3.95. The van der Waals surface area contributed by atoms with Gasteiger partial charge in [0.25, 0.3) is 0 Å². The molecule has 0 aliphatic carbocycles. The van der Waals surface area contributed by atoms with Crippen LogP contribution >= 0.6 is 0 Å². The highest BCUT2D eigenvalue weighted by molar-refractivity contribution is 5.90. The average molecular weight is 373 g/mol. The number of carbonyl (C=O) groups is 1. The molecule has 0 aliphatic rings. The molecule has 0 spiro atoms. The van der Waals surface area contributed by atoms with E-state index in [2.05, 4.69) is 0 Å². The zero-order valence-electron chi connectivity index (χ0n) is 15.7. The number of anilines is 1. The van der Waals surface area contributed by atoms with Crippen molar-refractivity contribution in [1.82, 2.24) is 0 Å². The van der Waals surface area contributed by atoms with Crippen LogP contribution in [0.2, 0.25) is 0 Å². The Balaban J connectivity index is 2.42. The summed E-state index contributed by atoms with van der Waals surface area (Å²) in [6.07, 6.45) is 1.37. The van der Waals surface area contributed by atoms with Gasteiger partial charge in [-0.2, -0.15) is 0 Å². The highest BCUT2D eigenvalue weighted by Gasteiger charge is 2.18. The van der Waals surface area contributed by atoms with Crippen LogP contribution in [-0.2, 0) is 4.74 Å². The van der Waals surface area contributed by atoms with Gasteiger partial charge in [-0.15, -0.1) is 0 Å². The van der Waals surface area contributed by atoms with Gasteiger partial charge in [0.15, 0.2) is 11.5 Å². The molecule has 0 saturated heterocycles. The first kappa shape index (κ1) is 19.9. The van der Waals surface area contributed by atoms with Crippen LogP contribution in [0.15, 0.2) is 42.6 Å². The van der Waals surface area contributed by atoms with E-state index in [9.17, 15) is 4.79 Å². The summed E-state index contributed by atoms with van der Waals surface area (Å²) in [6, 6.07) is 10.1. The van der Waals surface area contributed by atoms with E-state index < -0.39 is 5.97 Å². The van der Waals surface area contributed by atoms with Crippen LogP contribution in [0.1, 0.15) is 15.9 Å². The average Bonchev–Trinajstić information content (AvgIpc) is 2.72. The number of benzene rings is 2. The van der Waals surface area contributed by atoms with Gasteiger partial charge in [-0.1, -0.05) is 12.1 Å². The Labute approximate surface area is 157 Å². The van der Waals surface area contributed by atoms with Crippen LogP contribution in [0.5, 0.6) is 17.2 Å². The SMILES string of the molecule is COC(=O)c1ccc(/C(=C/N)N(N)c2cc(OC)c(OC)c(OC)c2)cc1. The quantitative estimate of drug-likeness (QED) is 0.432. The number of hydrazine groups is 1. The Bertz CT molecular complexity index is 809. The predicted molar refractivity (Wildman–Crippen MR) is 103 cm³/mol. The number of hydrogen-bond acceptors (Lipinski definition) is 8. The van der Waals surface area contributed by atoms with E-state index in [1.54, 1.807) is 36.4 Å². The molecule has 0 atom stereocenters. The normalized spacial score (nSPS) is 10.9. The van der Waals surface area contributed by atoms with Crippen molar-refractivity contribution < 1.29 is 23.7 Å². The second kappa shape index (κ2) is 8.81. The first-order chi connectivity index (χ1) is 13.0. The summed E-state index contributed by atoms with van der Waals surface area (Å²) in [5.74, 6) is 7.24. The highest BCUT2D eigenvalue weighted by atomic mass is 16.5. The molecule has 144 valence electrons. The molecule has 0 radical (unpaired) electrons. The molecular formula is C19H23N3O5. The van der Waals surface area contributed by atoms with Gasteiger partial charge in [-0.05, 0) is 12.1 Å². The van der Waals surface area contributed by atoms with Crippen LogP contribution in [-0.4, -0.2) is 34.4 Å². The molecule has 0 saturated carbocycles. The number of rotatable bonds is 7.